The van der Waals surface area contributed by atoms with E-state index < -0.39 is 38.5 Å². The van der Waals surface area contributed by atoms with Gasteiger partial charge < -0.3 is 5.73 Å². The lowest BCUT2D eigenvalue weighted by atomic mass is 9.77. The van der Waals surface area contributed by atoms with Gasteiger partial charge in [0.1, 0.15) is 5.82 Å². The average molecular weight is 359 g/mol. The molecule has 0 saturated heterocycles. The number of anilines is 1. The summed E-state index contributed by atoms with van der Waals surface area (Å²) in [5, 5.41) is 0. The van der Waals surface area contributed by atoms with Crippen molar-refractivity contribution in [2.75, 3.05) is 5.73 Å². The first kappa shape index (κ1) is 16.8. The molecule has 0 aliphatic carbocycles. The molecule has 0 atom stereocenters. The van der Waals surface area contributed by atoms with E-state index in [1.165, 1.54) is 6.07 Å². The number of alkyl halides is 3. The molecule has 0 saturated carbocycles. The highest BCUT2D eigenvalue weighted by molar-refractivity contribution is 7.91. The lowest BCUT2D eigenvalue weighted by Gasteiger charge is -2.35. The first-order valence-corrected chi connectivity index (χ1v) is 8.41. The second-order valence-electron chi connectivity index (χ2n) is 6.20. The van der Waals surface area contributed by atoms with Gasteiger partial charge in [0.15, 0.2) is 0 Å². The van der Waals surface area contributed by atoms with Crippen molar-refractivity contribution in [2.24, 2.45) is 0 Å². The molecule has 3 nitrogen and oxygen atoms in total. The molecule has 2 N–H and O–H groups in total. The van der Waals surface area contributed by atoms with E-state index in [-0.39, 0.29) is 20.9 Å². The van der Waals surface area contributed by atoms with Crippen LogP contribution in [0.1, 0.15) is 30.5 Å². The van der Waals surface area contributed by atoms with Gasteiger partial charge in [-0.05, 0) is 35.4 Å². The van der Waals surface area contributed by atoms with Crippen LogP contribution in [0, 0.1) is 5.82 Å². The molecule has 0 unspecified atom stereocenters. The van der Waals surface area contributed by atoms with E-state index in [4.69, 9.17) is 5.73 Å². The van der Waals surface area contributed by atoms with Crippen LogP contribution in [0.5, 0.6) is 0 Å². The Balaban J connectivity index is 2.44. The summed E-state index contributed by atoms with van der Waals surface area (Å²) in [6.07, 6.45) is -4.71. The van der Waals surface area contributed by atoms with E-state index in [9.17, 15) is 26.0 Å². The molecule has 0 bridgehead atoms. The Labute approximate surface area is 136 Å². The summed E-state index contributed by atoms with van der Waals surface area (Å²) < 4.78 is 78.4. The second-order valence-corrected chi connectivity index (χ2v) is 8.09. The van der Waals surface area contributed by atoms with Crippen molar-refractivity contribution >= 4 is 15.5 Å². The molecule has 1 aliphatic heterocycles. The number of hydrogen-bond donors (Lipinski definition) is 1. The summed E-state index contributed by atoms with van der Waals surface area (Å²) in [7, 11) is -4.17. The molecule has 0 amide bonds. The maximum Gasteiger partial charge on any atom is 0.418 e. The van der Waals surface area contributed by atoms with E-state index in [1.807, 2.05) is 0 Å². The van der Waals surface area contributed by atoms with Gasteiger partial charge in [-0.15, -0.1) is 0 Å². The van der Waals surface area contributed by atoms with Crippen molar-refractivity contribution < 1.29 is 26.0 Å². The molecule has 0 fully saturated rings. The normalized spacial score (nSPS) is 17.9. The van der Waals surface area contributed by atoms with Crippen LogP contribution in [-0.4, -0.2) is 8.42 Å². The molecular weight excluding hydrogens is 346 g/mol. The van der Waals surface area contributed by atoms with Crippen molar-refractivity contribution in [3.63, 3.8) is 0 Å². The molecule has 0 aromatic heterocycles. The highest BCUT2D eigenvalue weighted by Gasteiger charge is 2.43. The van der Waals surface area contributed by atoms with E-state index in [2.05, 4.69) is 0 Å². The SMILES string of the molecule is CC1(C)c2ccc(F)cc2S(=O)(=O)c2cc(N)c(C(F)(F)F)cc21. The molecule has 1 aliphatic rings. The molecule has 2 aromatic carbocycles. The fraction of sp³-hybridized carbons (Fsp3) is 0.250. The topological polar surface area (TPSA) is 60.2 Å². The van der Waals surface area contributed by atoms with E-state index in [1.54, 1.807) is 13.8 Å². The van der Waals surface area contributed by atoms with Crippen LogP contribution in [0.15, 0.2) is 40.1 Å². The van der Waals surface area contributed by atoms with Crippen LogP contribution < -0.4 is 5.73 Å². The lowest BCUT2D eigenvalue weighted by Crippen LogP contribution is -2.31. The van der Waals surface area contributed by atoms with Crippen molar-refractivity contribution in [3.8, 4) is 0 Å². The third kappa shape index (κ3) is 2.20. The van der Waals surface area contributed by atoms with Gasteiger partial charge in [-0.3, -0.25) is 0 Å². The van der Waals surface area contributed by atoms with Crippen molar-refractivity contribution in [1.29, 1.82) is 0 Å². The Morgan fingerprint density at radius 1 is 1.00 bits per heavy atom. The molecule has 0 spiro atoms. The van der Waals surface area contributed by atoms with Crippen molar-refractivity contribution in [2.45, 2.75) is 35.2 Å². The number of benzene rings is 2. The Morgan fingerprint density at radius 2 is 1.58 bits per heavy atom. The van der Waals surface area contributed by atoms with Gasteiger partial charge in [-0.2, -0.15) is 13.2 Å². The maximum atomic E-state index is 13.5. The van der Waals surface area contributed by atoms with Crippen LogP contribution in [-0.2, 0) is 21.4 Å². The highest BCUT2D eigenvalue weighted by atomic mass is 32.2. The Morgan fingerprint density at radius 3 is 2.17 bits per heavy atom. The summed E-state index contributed by atoms with van der Waals surface area (Å²) >= 11 is 0. The zero-order valence-corrected chi connectivity index (χ0v) is 13.5. The van der Waals surface area contributed by atoms with Gasteiger partial charge in [-0.1, -0.05) is 19.9 Å². The Hall–Kier alpha value is -2.09. The third-order valence-electron chi connectivity index (χ3n) is 4.33. The number of hydrogen-bond acceptors (Lipinski definition) is 3. The maximum absolute atomic E-state index is 13.5. The number of sulfone groups is 1. The summed E-state index contributed by atoms with van der Waals surface area (Å²) in [6, 6.07) is 4.83. The first-order valence-electron chi connectivity index (χ1n) is 6.93. The van der Waals surface area contributed by atoms with Crippen molar-refractivity contribution in [3.05, 3.63) is 52.8 Å². The van der Waals surface area contributed by atoms with Gasteiger partial charge in [-0.25, -0.2) is 12.8 Å². The monoisotopic (exact) mass is 359 g/mol. The van der Waals surface area contributed by atoms with Crippen LogP contribution in [0.2, 0.25) is 0 Å². The smallest absolute Gasteiger partial charge is 0.398 e. The summed E-state index contributed by atoms with van der Waals surface area (Å²) in [5.74, 6) is -0.739. The number of nitrogen functional groups attached to an aromatic ring is 1. The predicted molar refractivity (Wildman–Crippen MR) is 79.8 cm³/mol. The molecule has 24 heavy (non-hydrogen) atoms. The minimum Gasteiger partial charge on any atom is -0.398 e. The minimum absolute atomic E-state index is 0.0110. The lowest BCUT2D eigenvalue weighted by molar-refractivity contribution is -0.137. The largest absolute Gasteiger partial charge is 0.418 e. The quantitative estimate of drug-likeness (QED) is 0.573. The molecular formula is C16H13F4NO2S. The van der Waals surface area contributed by atoms with Gasteiger partial charge >= 0.3 is 6.18 Å². The standard InChI is InChI=1S/C16H13F4NO2S/c1-15(2)9-4-3-8(17)5-13(9)24(22,23)14-7-12(21)10(6-11(14)15)16(18,19)20/h3-7H,21H2,1-2H3. The number of halogens is 4. The number of fused-ring (bicyclic) bond motifs is 2. The molecule has 2 aromatic rings. The third-order valence-corrected chi connectivity index (χ3v) is 6.16. The summed E-state index contributed by atoms with van der Waals surface area (Å²) in [4.78, 5) is -0.574. The summed E-state index contributed by atoms with van der Waals surface area (Å²) in [6.45, 7) is 3.18. The molecule has 0 radical (unpaired) electrons. The van der Waals surface area contributed by atoms with Crippen LogP contribution in [0.4, 0.5) is 23.2 Å². The fourth-order valence-corrected chi connectivity index (χ4v) is 5.05. The van der Waals surface area contributed by atoms with Gasteiger partial charge in [0.2, 0.25) is 9.84 Å². The second kappa shape index (κ2) is 4.72. The van der Waals surface area contributed by atoms with Crippen LogP contribution >= 0.6 is 0 Å². The van der Waals surface area contributed by atoms with Crippen molar-refractivity contribution in [1.82, 2.24) is 0 Å². The van der Waals surface area contributed by atoms with Gasteiger partial charge in [0.25, 0.3) is 0 Å². The van der Waals surface area contributed by atoms with Gasteiger partial charge in [0.05, 0.1) is 15.4 Å². The first-order chi connectivity index (χ1) is 10.9. The number of rotatable bonds is 0. The van der Waals surface area contributed by atoms with Gasteiger partial charge in [0, 0.05) is 11.1 Å². The zero-order chi connectivity index (χ0) is 18.1. The average Bonchev–Trinajstić information content (AvgIpc) is 2.43. The molecule has 8 heteroatoms. The Kier molecular flexibility index (Phi) is 3.29. The highest BCUT2D eigenvalue weighted by Crippen LogP contribution is 2.48. The predicted octanol–water partition coefficient (Wildman–Crippen LogP) is 3.90. The van der Waals surface area contributed by atoms with E-state index in [0.29, 0.717) is 0 Å². The molecule has 128 valence electrons. The van der Waals surface area contributed by atoms with Crippen LogP contribution in [0.3, 0.4) is 0 Å². The summed E-state index contributed by atoms with van der Waals surface area (Å²) in [5.41, 5.74) is 2.84. The minimum atomic E-state index is -4.71. The van der Waals surface area contributed by atoms with E-state index in [0.717, 1.165) is 24.3 Å². The van der Waals surface area contributed by atoms with E-state index >= 15 is 0 Å². The fourth-order valence-electron chi connectivity index (χ4n) is 3.05. The zero-order valence-electron chi connectivity index (χ0n) is 12.7. The van der Waals surface area contributed by atoms with Crippen LogP contribution in [0.25, 0.3) is 0 Å². The molecule has 3 rings (SSSR count). The molecule has 1 heterocycles. The Bertz CT molecular complexity index is 963. The number of nitrogens with two attached hydrogens (primary N) is 1.